The summed E-state index contributed by atoms with van der Waals surface area (Å²) in [5, 5.41) is 16.3. The van der Waals surface area contributed by atoms with Crippen LogP contribution in [0, 0.1) is 5.92 Å². The van der Waals surface area contributed by atoms with Gasteiger partial charge in [0, 0.05) is 39.1 Å². The van der Waals surface area contributed by atoms with Gasteiger partial charge in [-0.15, -0.1) is 0 Å². The number of hydrogen-bond donors (Lipinski definition) is 3. The van der Waals surface area contributed by atoms with E-state index in [4.69, 9.17) is 4.74 Å². The minimum atomic E-state index is -0.768. The van der Waals surface area contributed by atoms with E-state index >= 15 is 0 Å². The lowest BCUT2D eigenvalue weighted by atomic mass is 9.93. The Labute approximate surface area is 102 Å². The molecule has 0 aromatic heterocycles. The van der Waals surface area contributed by atoms with Gasteiger partial charge in [-0.3, -0.25) is 4.79 Å². The number of aliphatic hydroxyl groups is 1. The molecule has 2 aliphatic rings. The standard InChI is InChI=1S/C12H22N2O3/c15-11(10-2-1-5-13-8-10)14-9-12(16)3-6-17-7-4-12/h10,13,16H,1-9H2,(H,14,15). The molecule has 3 N–H and O–H groups in total. The zero-order chi connectivity index (χ0) is 12.1. The summed E-state index contributed by atoms with van der Waals surface area (Å²) < 4.78 is 5.21. The first-order chi connectivity index (χ1) is 8.20. The van der Waals surface area contributed by atoms with Crippen molar-refractivity contribution in [2.75, 3.05) is 32.8 Å². The monoisotopic (exact) mass is 242 g/mol. The molecule has 0 aromatic carbocycles. The number of carbonyl (C=O) groups is 1. The molecular weight excluding hydrogens is 220 g/mol. The highest BCUT2D eigenvalue weighted by atomic mass is 16.5. The Kier molecular flexibility index (Phi) is 4.36. The Morgan fingerprint density at radius 3 is 2.88 bits per heavy atom. The second kappa shape index (κ2) is 5.80. The van der Waals surface area contributed by atoms with Crippen molar-refractivity contribution in [2.24, 2.45) is 5.92 Å². The lowest BCUT2D eigenvalue weighted by molar-refractivity contribution is -0.128. The maximum absolute atomic E-state index is 11.9. The molecule has 0 bridgehead atoms. The average Bonchev–Trinajstić information content (AvgIpc) is 2.38. The molecule has 0 saturated carbocycles. The van der Waals surface area contributed by atoms with Crippen molar-refractivity contribution in [1.29, 1.82) is 0 Å². The molecule has 1 atom stereocenters. The van der Waals surface area contributed by atoms with Crippen LogP contribution >= 0.6 is 0 Å². The van der Waals surface area contributed by atoms with Crippen LogP contribution in [-0.2, 0) is 9.53 Å². The van der Waals surface area contributed by atoms with E-state index in [1.54, 1.807) is 0 Å². The van der Waals surface area contributed by atoms with Gasteiger partial charge in [-0.25, -0.2) is 0 Å². The van der Waals surface area contributed by atoms with E-state index in [2.05, 4.69) is 10.6 Å². The fourth-order valence-corrected chi connectivity index (χ4v) is 2.40. The zero-order valence-corrected chi connectivity index (χ0v) is 10.2. The summed E-state index contributed by atoms with van der Waals surface area (Å²) in [6, 6.07) is 0. The van der Waals surface area contributed by atoms with Crippen molar-refractivity contribution >= 4 is 5.91 Å². The van der Waals surface area contributed by atoms with Gasteiger partial charge in [0.25, 0.3) is 0 Å². The Bertz CT molecular complexity index is 258. The van der Waals surface area contributed by atoms with E-state index in [-0.39, 0.29) is 11.8 Å². The number of hydrogen-bond acceptors (Lipinski definition) is 4. The van der Waals surface area contributed by atoms with Crippen molar-refractivity contribution in [3.63, 3.8) is 0 Å². The smallest absolute Gasteiger partial charge is 0.224 e. The third-order valence-electron chi connectivity index (χ3n) is 3.68. The number of rotatable bonds is 3. The van der Waals surface area contributed by atoms with E-state index in [1.165, 1.54) is 0 Å². The summed E-state index contributed by atoms with van der Waals surface area (Å²) in [5.74, 6) is 0.129. The molecule has 5 heteroatoms. The molecule has 2 rings (SSSR count). The van der Waals surface area contributed by atoms with Crippen LogP contribution < -0.4 is 10.6 Å². The van der Waals surface area contributed by atoms with Crippen molar-refractivity contribution < 1.29 is 14.6 Å². The molecule has 2 fully saturated rings. The highest BCUT2D eigenvalue weighted by molar-refractivity contribution is 5.79. The number of amides is 1. The number of nitrogens with one attached hydrogen (secondary N) is 2. The van der Waals surface area contributed by atoms with Gasteiger partial charge in [0.2, 0.25) is 5.91 Å². The van der Waals surface area contributed by atoms with E-state index < -0.39 is 5.60 Å². The number of ether oxygens (including phenoxy) is 1. The Balaban J connectivity index is 1.74. The van der Waals surface area contributed by atoms with Crippen LogP contribution in [-0.4, -0.2) is 49.5 Å². The van der Waals surface area contributed by atoms with Gasteiger partial charge in [-0.1, -0.05) is 0 Å². The van der Waals surface area contributed by atoms with Crippen LogP contribution in [0.25, 0.3) is 0 Å². The molecule has 17 heavy (non-hydrogen) atoms. The Hall–Kier alpha value is -0.650. The molecule has 0 aliphatic carbocycles. The maximum Gasteiger partial charge on any atom is 0.224 e. The molecular formula is C12H22N2O3. The van der Waals surface area contributed by atoms with E-state index in [0.29, 0.717) is 32.6 Å². The summed E-state index contributed by atoms with van der Waals surface area (Å²) >= 11 is 0. The molecule has 0 spiro atoms. The highest BCUT2D eigenvalue weighted by Gasteiger charge is 2.31. The predicted molar refractivity (Wildman–Crippen MR) is 63.6 cm³/mol. The normalized spacial score (nSPS) is 28.6. The Morgan fingerprint density at radius 2 is 2.24 bits per heavy atom. The average molecular weight is 242 g/mol. The third kappa shape index (κ3) is 3.66. The van der Waals surface area contributed by atoms with Crippen molar-refractivity contribution in [3.05, 3.63) is 0 Å². The highest BCUT2D eigenvalue weighted by Crippen LogP contribution is 2.19. The quantitative estimate of drug-likeness (QED) is 0.632. The van der Waals surface area contributed by atoms with Gasteiger partial charge in [-0.05, 0) is 19.4 Å². The van der Waals surface area contributed by atoms with Gasteiger partial charge in [-0.2, -0.15) is 0 Å². The minimum absolute atomic E-state index is 0.0622. The number of carbonyl (C=O) groups excluding carboxylic acids is 1. The lowest BCUT2D eigenvalue weighted by Crippen LogP contribution is -2.49. The second-order valence-corrected chi connectivity index (χ2v) is 5.10. The summed E-state index contributed by atoms with van der Waals surface area (Å²) in [5.41, 5.74) is -0.768. The summed E-state index contributed by atoms with van der Waals surface area (Å²) in [7, 11) is 0. The van der Waals surface area contributed by atoms with Gasteiger partial charge >= 0.3 is 0 Å². The minimum Gasteiger partial charge on any atom is -0.388 e. The fraction of sp³-hybridized carbons (Fsp3) is 0.917. The largest absolute Gasteiger partial charge is 0.388 e. The zero-order valence-electron chi connectivity index (χ0n) is 10.2. The van der Waals surface area contributed by atoms with Crippen LogP contribution in [0.2, 0.25) is 0 Å². The first-order valence-electron chi connectivity index (χ1n) is 6.48. The molecule has 2 aliphatic heterocycles. The van der Waals surface area contributed by atoms with Crippen LogP contribution in [0.4, 0.5) is 0 Å². The molecule has 2 heterocycles. The predicted octanol–water partition coefficient (Wildman–Crippen LogP) is -0.356. The van der Waals surface area contributed by atoms with Crippen LogP contribution in [0.5, 0.6) is 0 Å². The van der Waals surface area contributed by atoms with Gasteiger partial charge < -0.3 is 20.5 Å². The Morgan fingerprint density at radius 1 is 1.47 bits per heavy atom. The molecule has 98 valence electrons. The summed E-state index contributed by atoms with van der Waals surface area (Å²) in [6.45, 7) is 3.28. The molecule has 0 aromatic rings. The van der Waals surface area contributed by atoms with Crippen LogP contribution in [0.3, 0.4) is 0 Å². The summed E-state index contributed by atoms with van der Waals surface area (Å²) in [6.07, 6.45) is 3.21. The molecule has 2 saturated heterocycles. The van der Waals surface area contributed by atoms with Gasteiger partial charge in [0.15, 0.2) is 0 Å². The van der Waals surface area contributed by atoms with Gasteiger partial charge in [0.1, 0.15) is 0 Å². The van der Waals surface area contributed by atoms with Crippen LogP contribution in [0.1, 0.15) is 25.7 Å². The molecule has 5 nitrogen and oxygen atoms in total. The van der Waals surface area contributed by atoms with E-state index in [0.717, 1.165) is 25.9 Å². The number of piperidine rings is 1. The first-order valence-corrected chi connectivity index (χ1v) is 6.48. The van der Waals surface area contributed by atoms with E-state index in [9.17, 15) is 9.90 Å². The SMILES string of the molecule is O=C(NCC1(O)CCOCC1)C1CCCNC1. The van der Waals surface area contributed by atoms with Crippen molar-refractivity contribution in [2.45, 2.75) is 31.3 Å². The third-order valence-corrected chi connectivity index (χ3v) is 3.68. The van der Waals surface area contributed by atoms with E-state index in [1.807, 2.05) is 0 Å². The van der Waals surface area contributed by atoms with Crippen LogP contribution in [0.15, 0.2) is 0 Å². The van der Waals surface area contributed by atoms with Crippen molar-refractivity contribution in [1.82, 2.24) is 10.6 Å². The molecule has 0 radical (unpaired) electrons. The van der Waals surface area contributed by atoms with Gasteiger partial charge in [0.05, 0.1) is 11.5 Å². The fourth-order valence-electron chi connectivity index (χ4n) is 2.40. The van der Waals surface area contributed by atoms with Crippen molar-refractivity contribution in [3.8, 4) is 0 Å². The lowest BCUT2D eigenvalue weighted by Gasteiger charge is -2.33. The maximum atomic E-state index is 11.9. The molecule has 1 amide bonds. The topological polar surface area (TPSA) is 70.6 Å². The summed E-state index contributed by atoms with van der Waals surface area (Å²) in [4.78, 5) is 11.9. The molecule has 1 unspecified atom stereocenters. The first kappa shape index (κ1) is 12.8. The second-order valence-electron chi connectivity index (χ2n) is 5.10.